The van der Waals surface area contributed by atoms with Gasteiger partial charge in [-0.1, -0.05) is 101 Å². The second-order valence-corrected chi connectivity index (χ2v) is 11.5. The molecule has 4 rings (SSSR count). The number of allylic oxidation sites excluding steroid dienone is 2. The molecule has 2 aromatic carbocycles. The smallest absolute Gasteiger partial charge is 0.0118 e. The predicted molar refractivity (Wildman–Crippen MR) is 136 cm³/mol. The van der Waals surface area contributed by atoms with E-state index in [2.05, 4.69) is 104 Å². The summed E-state index contributed by atoms with van der Waals surface area (Å²) >= 11 is 0. The van der Waals surface area contributed by atoms with E-state index >= 15 is 0 Å². The lowest BCUT2D eigenvalue weighted by Crippen LogP contribution is -2.31. The maximum Gasteiger partial charge on any atom is 0.0118 e. The normalized spacial score (nSPS) is 20.2. The summed E-state index contributed by atoms with van der Waals surface area (Å²) in [5.74, 6) is 2.28. The largest absolute Gasteiger partial charge is 0.0625 e. The molecule has 2 atom stereocenters. The van der Waals surface area contributed by atoms with Crippen LogP contribution in [0.25, 0.3) is 12.2 Å². The molecule has 2 aromatic rings. The zero-order chi connectivity index (χ0) is 22.5. The standard InChI is InChI=1S/C31H40/c1-19(2)15-23-17-27-21(5)11-9-13-25(27)29(23)31(7,8)30-24(16-20(3)4)18-28-22(6)12-10-14-26(28)30/h9-14,17-20,29-30H,15-16H2,1-8H3. The lowest BCUT2D eigenvalue weighted by atomic mass is 9.61. The number of fused-ring (bicyclic) bond motifs is 2. The second-order valence-electron chi connectivity index (χ2n) is 11.5. The summed E-state index contributed by atoms with van der Waals surface area (Å²) in [6, 6.07) is 13.9. The van der Waals surface area contributed by atoms with Gasteiger partial charge in [-0.3, -0.25) is 0 Å². The van der Waals surface area contributed by atoms with Crippen LogP contribution < -0.4 is 0 Å². The molecule has 0 amide bonds. The van der Waals surface area contributed by atoms with Crippen LogP contribution in [0.2, 0.25) is 0 Å². The Morgan fingerprint density at radius 1 is 0.677 bits per heavy atom. The third-order valence-electron chi connectivity index (χ3n) is 7.51. The number of benzene rings is 2. The molecule has 31 heavy (non-hydrogen) atoms. The molecule has 0 aromatic heterocycles. The molecule has 0 aliphatic heterocycles. The molecule has 0 N–H and O–H groups in total. The van der Waals surface area contributed by atoms with E-state index in [1.54, 1.807) is 22.3 Å². The van der Waals surface area contributed by atoms with Crippen molar-refractivity contribution in [2.45, 2.75) is 80.1 Å². The molecule has 0 saturated heterocycles. The molecular formula is C31H40. The van der Waals surface area contributed by atoms with Crippen molar-refractivity contribution in [1.82, 2.24) is 0 Å². The maximum absolute atomic E-state index is 2.54. The molecule has 0 nitrogen and oxygen atoms in total. The maximum atomic E-state index is 2.54. The third kappa shape index (κ3) is 3.84. The first-order valence-electron chi connectivity index (χ1n) is 12.2. The quantitative estimate of drug-likeness (QED) is 0.444. The van der Waals surface area contributed by atoms with E-state index < -0.39 is 0 Å². The van der Waals surface area contributed by atoms with E-state index in [1.807, 2.05) is 0 Å². The highest BCUT2D eigenvalue weighted by Crippen LogP contribution is 2.60. The van der Waals surface area contributed by atoms with Gasteiger partial charge < -0.3 is 0 Å². The molecule has 164 valence electrons. The molecule has 0 radical (unpaired) electrons. The first-order valence-corrected chi connectivity index (χ1v) is 12.2. The number of hydrogen-bond donors (Lipinski definition) is 0. The molecule has 0 fully saturated rings. The highest BCUT2D eigenvalue weighted by atomic mass is 14.5. The van der Waals surface area contributed by atoms with Gasteiger partial charge in [-0.15, -0.1) is 0 Å². The summed E-state index contributed by atoms with van der Waals surface area (Å²) < 4.78 is 0. The van der Waals surface area contributed by atoms with Gasteiger partial charge in [0.05, 0.1) is 0 Å². The van der Waals surface area contributed by atoms with Crippen molar-refractivity contribution in [3.05, 3.63) is 80.9 Å². The summed E-state index contributed by atoms with van der Waals surface area (Å²) in [6.07, 6.45) is 7.43. The van der Waals surface area contributed by atoms with Crippen molar-refractivity contribution < 1.29 is 0 Å². The predicted octanol–water partition coefficient (Wildman–Crippen LogP) is 9.08. The lowest BCUT2D eigenvalue weighted by Gasteiger charge is -2.42. The van der Waals surface area contributed by atoms with Gasteiger partial charge in [-0.25, -0.2) is 0 Å². The van der Waals surface area contributed by atoms with Crippen LogP contribution in [0.15, 0.2) is 47.5 Å². The van der Waals surface area contributed by atoms with Crippen LogP contribution in [-0.2, 0) is 0 Å². The number of aryl methyl sites for hydroxylation is 2. The van der Waals surface area contributed by atoms with Gasteiger partial charge in [0.15, 0.2) is 0 Å². The monoisotopic (exact) mass is 412 g/mol. The molecule has 0 bridgehead atoms. The van der Waals surface area contributed by atoms with Gasteiger partial charge in [-0.2, -0.15) is 0 Å². The molecule has 2 aliphatic rings. The summed E-state index contributed by atoms with van der Waals surface area (Å²) in [7, 11) is 0. The minimum atomic E-state index is 0.111. The van der Waals surface area contributed by atoms with Crippen molar-refractivity contribution in [2.75, 3.05) is 0 Å². The van der Waals surface area contributed by atoms with Gasteiger partial charge in [0.1, 0.15) is 0 Å². The van der Waals surface area contributed by atoms with Crippen LogP contribution >= 0.6 is 0 Å². The van der Waals surface area contributed by atoms with Crippen molar-refractivity contribution in [1.29, 1.82) is 0 Å². The second kappa shape index (κ2) is 8.12. The van der Waals surface area contributed by atoms with E-state index in [9.17, 15) is 0 Å². The number of rotatable bonds is 6. The minimum Gasteiger partial charge on any atom is -0.0625 e. The van der Waals surface area contributed by atoms with E-state index in [-0.39, 0.29) is 5.41 Å². The van der Waals surface area contributed by atoms with E-state index in [1.165, 1.54) is 35.1 Å². The van der Waals surface area contributed by atoms with E-state index in [0.29, 0.717) is 23.7 Å². The fourth-order valence-electron chi connectivity index (χ4n) is 6.46. The molecule has 0 saturated carbocycles. The Morgan fingerprint density at radius 3 is 1.42 bits per heavy atom. The Bertz CT molecular complexity index is 958. The topological polar surface area (TPSA) is 0 Å². The Balaban J connectivity index is 1.87. The lowest BCUT2D eigenvalue weighted by molar-refractivity contribution is 0.263. The Morgan fingerprint density at radius 2 is 1.06 bits per heavy atom. The zero-order valence-electron chi connectivity index (χ0n) is 20.8. The molecule has 0 heterocycles. The third-order valence-corrected chi connectivity index (χ3v) is 7.51. The Kier molecular flexibility index (Phi) is 5.80. The summed E-state index contributed by atoms with van der Waals surface area (Å²) in [6.45, 7) is 19.1. The van der Waals surface area contributed by atoms with Crippen molar-refractivity contribution in [2.24, 2.45) is 17.3 Å². The van der Waals surface area contributed by atoms with Crippen LogP contribution in [0.3, 0.4) is 0 Å². The Labute approximate surface area is 190 Å². The molecular weight excluding hydrogens is 372 g/mol. The Hall–Kier alpha value is -2.08. The first-order chi connectivity index (χ1) is 14.6. The summed E-state index contributed by atoms with van der Waals surface area (Å²) in [5.41, 5.74) is 12.3. The van der Waals surface area contributed by atoms with Gasteiger partial charge in [0.25, 0.3) is 0 Å². The van der Waals surface area contributed by atoms with Crippen molar-refractivity contribution in [3.8, 4) is 0 Å². The fourth-order valence-corrected chi connectivity index (χ4v) is 6.46. The summed E-state index contributed by atoms with van der Waals surface area (Å²) in [4.78, 5) is 0. The van der Waals surface area contributed by atoms with Gasteiger partial charge in [0.2, 0.25) is 0 Å². The highest BCUT2D eigenvalue weighted by molar-refractivity contribution is 5.73. The molecule has 2 aliphatic carbocycles. The first kappa shape index (κ1) is 22.1. The average molecular weight is 413 g/mol. The van der Waals surface area contributed by atoms with Crippen LogP contribution in [0, 0.1) is 31.1 Å². The van der Waals surface area contributed by atoms with Gasteiger partial charge in [0, 0.05) is 11.8 Å². The van der Waals surface area contributed by atoms with Gasteiger partial charge in [-0.05, 0) is 77.3 Å². The van der Waals surface area contributed by atoms with Crippen LogP contribution in [0.4, 0.5) is 0 Å². The SMILES string of the molecule is Cc1cccc2c1C=C(CC(C)C)C2C(C)(C)C1C(CC(C)C)=Cc2c(C)cccc21. The van der Waals surface area contributed by atoms with Gasteiger partial charge >= 0.3 is 0 Å². The van der Waals surface area contributed by atoms with Crippen LogP contribution in [-0.4, -0.2) is 0 Å². The molecule has 0 heteroatoms. The van der Waals surface area contributed by atoms with Crippen molar-refractivity contribution in [3.63, 3.8) is 0 Å². The van der Waals surface area contributed by atoms with Crippen molar-refractivity contribution >= 4 is 12.2 Å². The van der Waals surface area contributed by atoms with Crippen LogP contribution in [0.1, 0.15) is 99.6 Å². The van der Waals surface area contributed by atoms with E-state index in [4.69, 9.17) is 0 Å². The minimum absolute atomic E-state index is 0.111. The molecule has 2 unspecified atom stereocenters. The fraction of sp³-hybridized carbons (Fsp3) is 0.484. The summed E-state index contributed by atoms with van der Waals surface area (Å²) in [5, 5.41) is 0. The highest BCUT2D eigenvalue weighted by Gasteiger charge is 2.46. The average Bonchev–Trinajstić information content (AvgIpc) is 3.21. The van der Waals surface area contributed by atoms with Crippen LogP contribution in [0.5, 0.6) is 0 Å². The molecule has 0 spiro atoms. The van der Waals surface area contributed by atoms with E-state index in [0.717, 1.165) is 0 Å². The zero-order valence-corrected chi connectivity index (χ0v) is 20.8. The number of hydrogen-bond acceptors (Lipinski definition) is 0.